The van der Waals surface area contributed by atoms with E-state index in [-0.39, 0.29) is 6.61 Å². The maximum absolute atomic E-state index is 13.7. The number of nitrogens with one attached hydrogen (secondary N) is 1. The molecule has 2 rings (SSSR count). The lowest BCUT2D eigenvalue weighted by Gasteiger charge is -2.23. The fourth-order valence-electron chi connectivity index (χ4n) is 1.87. The molecule has 3 N–H and O–H groups in total. The van der Waals surface area contributed by atoms with Crippen LogP contribution in [0.3, 0.4) is 0 Å². The molecule has 1 aromatic rings. The summed E-state index contributed by atoms with van der Waals surface area (Å²) in [6.07, 6.45) is 1.33. The molecule has 8 heteroatoms. The SMILES string of the molecule is Nc1c(F)ccc(S(=O)(=O)NC2CCCOC2)c1F. The van der Waals surface area contributed by atoms with E-state index in [0.717, 1.165) is 18.6 Å². The van der Waals surface area contributed by atoms with Gasteiger partial charge in [0, 0.05) is 12.6 Å². The predicted molar refractivity (Wildman–Crippen MR) is 64.9 cm³/mol. The van der Waals surface area contributed by atoms with Crippen LogP contribution in [-0.4, -0.2) is 27.7 Å². The van der Waals surface area contributed by atoms with E-state index in [9.17, 15) is 17.2 Å². The first-order chi connectivity index (χ1) is 8.92. The van der Waals surface area contributed by atoms with Crippen molar-refractivity contribution < 1.29 is 21.9 Å². The van der Waals surface area contributed by atoms with E-state index in [1.165, 1.54) is 0 Å². The summed E-state index contributed by atoms with van der Waals surface area (Å²) in [6.45, 7) is 0.813. The van der Waals surface area contributed by atoms with Crippen molar-refractivity contribution in [3.8, 4) is 0 Å². The molecular weight excluding hydrogens is 278 g/mol. The van der Waals surface area contributed by atoms with Gasteiger partial charge in [-0.15, -0.1) is 0 Å². The van der Waals surface area contributed by atoms with Gasteiger partial charge < -0.3 is 10.5 Å². The van der Waals surface area contributed by atoms with Gasteiger partial charge in [0.05, 0.1) is 6.61 Å². The highest BCUT2D eigenvalue weighted by Crippen LogP contribution is 2.23. The van der Waals surface area contributed by atoms with Gasteiger partial charge in [0.25, 0.3) is 0 Å². The largest absolute Gasteiger partial charge is 0.394 e. The molecule has 0 spiro atoms. The van der Waals surface area contributed by atoms with Crippen LogP contribution >= 0.6 is 0 Å². The summed E-state index contributed by atoms with van der Waals surface area (Å²) < 4.78 is 58.2. The molecule has 1 saturated heterocycles. The number of rotatable bonds is 3. The smallest absolute Gasteiger partial charge is 0.243 e. The number of anilines is 1. The van der Waals surface area contributed by atoms with Crippen LogP contribution in [0.15, 0.2) is 17.0 Å². The zero-order valence-corrected chi connectivity index (χ0v) is 10.8. The fourth-order valence-corrected chi connectivity index (χ4v) is 3.22. The summed E-state index contributed by atoms with van der Waals surface area (Å²) in [5.41, 5.74) is 4.34. The van der Waals surface area contributed by atoms with Crippen LogP contribution < -0.4 is 10.5 Å². The molecule has 0 radical (unpaired) electrons. The van der Waals surface area contributed by atoms with Crippen molar-refractivity contribution >= 4 is 15.7 Å². The predicted octanol–water partition coefficient (Wildman–Crippen LogP) is 1.00. The van der Waals surface area contributed by atoms with Crippen LogP contribution in [0.5, 0.6) is 0 Å². The van der Waals surface area contributed by atoms with Gasteiger partial charge in [-0.3, -0.25) is 0 Å². The molecular formula is C11H14F2N2O3S. The van der Waals surface area contributed by atoms with Crippen molar-refractivity contribution in [2.24, 2.45) is 0 Å². The van der Waals surface area contributed by atoms with Gasteiger partial charge in [-0.05, 0) is 25.0 Å². The van der Waals surface area contributed by atoms with Crippen molar-refractivity contribution in [2.75, 3.05) is 18.9 Å². The summed E-state index contributed by atoms with van der Waals surface area (Å²) in [7, 11) is -4.08. The Bertz CT molecular complexity index is 572. The maximum atomic E-state index is 13.7. The second-order valence-corrected chi connectivity index (χ2v) is 5.99. The number of ether oxygens (including phenoxy) is 1. The van der Waals surface area contributed by atoms with E-state index in [4.69, 9.17) is 10.5 Å². The molecule has 1 atom stereocenters. The second-order valence-electron chi connectivity index (χ2n) is 4.31. The van der Waals surface area contributed by atoms with E-state index < -0.39 is 38.3 Å². The molecule has 5 nitrogen and oxygen atoms in total. The van der Waals surface area contributed by atoms with Crippen molar-refractivity contribution in [2.45, 2.75) is 23.8 Å². The lowest BCUT2D eigenvalue weighted by molar-refractivity contribution is 0.0774. The second kappa shape index (κ2) is 5.40. The van der Waals surface area contributed by atoms with Gasteiger partial charge >= 0.3 is 0 Å². The Hall–Kier alpha value is -1.25. The Kier molecular flexibility index (Phi) is 4.02. The van der Waals surface area contributed by atoms with E-state index in [1.54, 1.807) is 0 Å². The van der Waals surface area contributed by atoms with Crippen LogP contribution in [0.25, 0.3) is 0 Å². The van der Waals surface area contributed by atoms with Gasteiger partial charge in [0.2, 0.25) is 10.0 Å². The zero-order valence-electron chi connectivity index (χ0n) is 10.0. The van der Waals surface area contributed by atoms with E-state index in [1.807, 2.05) is 0 Å². The molecule has 1 aliphatic rings. The molecule has 0 amide bonds. The molecule has 1 aliphatic heterocycles. The van der Waals surface area contributed by atoms with Gasteiger partial charge in [0.15, 0.2) is 5.82 Å². The van der Waals surface area contributed by atoms with Gasteiger partial charge in [-0.1, -0.05) is 0 Å². The molecule has 1 fully saturated rings. The molecule has 0 aromatic heterocycles. The number of nitrogen functional groups attached to an aromatic ring is 1. The first-order valence-electron chi connectivity index (χ1n) is 5.75. The molecule has 1 aromatic carbocycles. The topological polar surface area (TPSA) is 81.4 Å². The molecule has 1 unspecified atom stereocenters. The summed E-state index contributed by atoms with van der Waals surface area (Å²) in [5.74, 6) is -2.26. The first kappa shape index (κ1) is 14.2. The zero-order chi connectivity index (χ0) is 14.0. The summed E-state index contributed by atoms with van der Waals surface area (Å²) in [4.78, 5) is -0.656. The van der Waals surface area contributed by atoms with Crippen LogP contribution in [0, 0.1) is 11.6 Å². The number of benzene rings is 1. The van der Waals surface area contributed by atoms with Crippen LogP contribution in [-0.2, 0) is 14.8 Å². The molecule has 0 aliphatic carbocycles. The highest BCUT2D eigenvalue weighted by Gasteiger charge is 2.26. The Labute approximate surface area is 109 Å². The Morgan fingerprint density at radius 2 is 2.11 bits per heavy atom. The van der Waals surface area contributed by atoms with Crippen LogP contribution in [0.2, 0.25) is 0 Å². The molecule has 0 saturated carbocycles. The Morgan fingerprint density at radius 1 is 1.37 bits per heavy atom. The third-order valence-corrected chi connectivity index (χ3v) is 4.40. The normalized spacial score (nSPS) is 20.4. The van der Waals surface area contributed by atoms with E-state index in [2.05, 4.69) is 4.72 Å². The quantitative estimate of drug-likeness (QED) is 0.815. The molecule has 106 valence electrons. The van der Waals surface area contributed by atoms with Crippen molar-refractivity contribution in [3.05, 3.63) is 23.8 Å². The maximum Gasteiger partial charge on any atom is 0.243 e. The van der Waals surface area contributed by atoms with Gasteiger partial charge in [-0.2, -0.15) is 0 Å². The monoisotopic (exact) mass is 292 g/mol. The first-order valence-corrected chi connectivity index (χ1v) is 7.23. The Balaban J connectivity index is 2.26. The molecule has 19 heavy (non-hydrogen) atoms. The van der Waals surface area contributed by atoms with E-state index in [0.29, 0.717) is 13.0 Å². The third kappa shape index (κ3) is 3.02. The summed E-state index contributed by atoms with van der Waals surface area (Å²) in [5, 5.41) is 0. The van der Waals surface area contributed by atoms with E-state index >= 15 is 0 Å². The van der Waals surface area contributed by atoms with Crippen molar-refractivity contribution in [3.63, 3.8) is 0 Å². The average Bonchev–Trinajstić information content (AvgIpc) is 2.36. The van der Waals surface area contributed by atoms with Crippen LogP contribution in [0.4, 0.5) is 14.5 Å². The average molecular weight is 292 g/mol. The highest BCUT2D eigenvalue weighted by molar-refractivity contribution is 7.89. The summed E-state index contributed by atoms with van der Waals surface area (Å²) >= 11 is 0. The number of halogens is 2. The third-order valence-electron chi connectivity index (χ3n) is 2.86. The minimum absolute atomic E-state index is 0.234. The lowest BCUT2D eigenvalue weighted by atomic mass is 10.1. The lowest BCUT2D eigenvalue weighted by Crippen LogP contribution is -2.40. The number of sulfonamides is 1. The van der Waals surface area contributed by atoms with Crippen molar-refractivity contribution in [1.82, 2.24) is 4.72 Å². The molecule has 0 bridgehead atoms. The van der Waals surface area contributed by atoms with Crippen molar-refractivity contribution in [1.29, 1.82) is 0 Å². The number of hydrogen-bond acceptors (Lipinski definition) is 4. The standard InChI is InChI=1S/C11H14F2N2O3S/c12-8-3-4-9(10(13)11(8)14)19(16,17)15-7-2-1-5-18-6-7/h3-4,7,15H,1-2,5-6,14H2. The fraction of sp³-hybridized carbons (Fsp3) is 0.455. The highest BCUT2D eigenvalue weighted by atomic mass is 32.2. The van der Waals surface area contributed by atoms with Gasteiger partial charge in [0.1, 0.15) is 16.4 Å². The summed E-state index contributed by atoms with van der Waals surface area (Å²) in [6, 6.07) is 1.27. The minimum atomic E-state index is -4.08. The van der Waals surface area contributed by atoms with Crippen LogP contribution in [0.1, 0.15) is 12.8 Å². The number of hydrogen-bond donors (Lipinski definition) is 2. The Morgan fingerprint density at radius 3 is 2.74 bits per heavy atom. The minimum Gasteiger partial charge on any atom is -0.394 e. The molecule has 1 heterocycles. The number of nitrogens with two attached hydrogens (primary N) is 1. The van der Waals surface area contributed by atoms with Gasteiger partial charge in [-0.25, -0.2) is 21.9 Å².